The molecule has 0 unspecified atom stereocenters. The maximum absolute atomic E-state index is 13.8. The molecule has 5 atom stereocenters. The van der Waals surface area contributed by atoms with E-state index < -0.39 is 41.1 Å². The molecule has 0 fully saturated rings. The van der Waals surface area contributed by atoms with E-state index in [-0.39, 0.29) is 31.1 Å². The first-order valence-electron chi connectivity index (χ1n) is 15.7. The highest BCUT2D eigenvalue weighted by Gasteiger charge is 2.68. The Balaban J connectivity index is 1.42. The van der Waals surface area contributed by atoms with Crippen molar-refractivity contribution in [2.24, 2.45) is 0 Å². The van der Waals surface area contributed by atoms with Crippen molar-refractivity contribution in [3.8, 4) is 11.5 Å². The van der Waals surface area contributed by atoms with Crippen LogP contribution in [0.1, 0.15) is 75.7 Å². The molecule has 1 aliphatic heterocycles. The lowest BCUT2D eigenvalue weighted by Gasteiger charge is -2.56. The molecule has 1 N–H and O–H groups in total. The Morgan fingerprint density at radius 2 is 1.82 bits per heavy atom. The summed E-state index contributed by atoms with van der Waals surface area (Å²) >= 11 is 0. The van der Waals surface area contributed by atoms with Gasteiger partial charge in [-0.15, -0.1) is 0 Å². The highest BCUT2D eigenvalue weighted by molar-refractivity contribution is 5.83. The number of benzene rings is 2. The first kappa shape index (κ1) is 32.5. The molecule has 1 heterocycles. The van der Waals surface area contributed by atoms with Crippen LogP contribution in [0.3, 0.4) is 0 Å². The van der Waals surface area contributed by atoms with Gasteiger partial charge in [-0.3, -0.25) is 9.59 Å². The minimum absolute atomic E-state index is 0.160. The van der Waals surface area contributed by atoms with Gasteiger partial charge in [0.2, 0.25) is 6.10 Å². The summed E-state index contributed by atoms with van der Waals surface area (Å²) in [6, 6.07) is 12.2. The summed E-state index contributed by atoms with van der Waals surface area (Å²) in [6.45, 7) is 7.02. The van der Waals surface area contributed by atoms with Gasteiger partial charge in [-0.1, -0.05) is 56.7 Å². The topological polar surface area (TPSA) is 121 Å². The van der Waals surface area contributed by atoms with Crippen LogP contribution in [-0.4, -0.2) is 73.0 Å². The summed E-state index contributed by atoms with van der Waals surface area (Å²) in [5, 5.41) is 12.5. The molecule has 242 valence electrons. The van der Waals surface area contributed by atoms with E-state index >= 15 is 0 Å². The number of rotatable bonds is 13. The van der Waals surface area contributed by atoms with Crippen LogP contribution in [0.15, 0.2) is 54.3 Å². The van der Waals surface area contributed by atoms with E-state index in [1.807, 2.05) is 33.0 Å². The number of methoxy groups -OCH3 is 1. The number of aliphatic hydroxyl groups is 1. The molecule has 10 heteroatoms. The van der Waals surface area contributed by atoms with E-state index in [1.54, 1.807) is 43.5 Å². The Labute approximate surface area is 264 Å². The molecule has 0 amide bonds. The summed E-state index contributed by atoms with van der Waals surface area (Å²) in [4.78, 5) is 40.8. The SMILES string of the molecule is CCCCOC(=O)CCC(=O)O[C@H](C(=O)OC1=CC[C@@]2(O)[C@H](N(C)CC)Cc3ccc(OC)c4c3[C@@]2(C)[C@H]1O4)c1ccccc1. The van der Waals surface area contributed by atoms with Crippen molar-refractivity contribution in [3.63, 3.8) is 0 Å². The summed E-state index contributed by atoms with van der Waals surface area (Å²) < 4.78 is 28.9. The second-order valence-corrected chi connectivity index (χ2v) is 12.1. The summed E-state index contributed by atoms with van der Waals surface area (Å²) in [5.41, 5.74) is 0.110. The third-order valence-corrected chi connectivity index (χ3v) is 9.55. The van der Waals surface area contributed by atoms with E-state index in [9.17, 15) is 19.5 Å². The van der Waals surface area contributed by atoms with Gasteiger partial charge >= 0.3 is 17.9 Å². The van der Waals surface area contributed by atoms with Gasteiger partial charge in [-0.2, -0.15) is 0 Å². The number of esters is 3. The van der Waals surface area contributed by atoms with E-state index in [1.165, 1.54) is 0 Å². The van der Waals surface area contributed by atoms with Gasteiger partial charge < -0.3 is 33.7 Å². The van der Waals surface area contributed by atoms with Crippen molar-refractivity contribution < 1.29 is 43.2 Å². The lowest BCUT2D eigenvalue weighted by atomic mass is 9.54. The molecular formula is C35H43NO9. The van der Waals surface area contributed by atoms with E-state index in [4.69, 9.17) is 23.7 Å². The molecule has 0 saturated heterocycles. The molecule has 45 heavy (non-hydrogen) atoms. The molecule has 3 aliphatic rings. The molecule has 0 spiro atoms. The quantitative estimate of drug-likeness (QED) is 0.194. The lowest BCUT2D eigenvalue weighted by molar-refractivity contribution is -0.170. The fourth-order valence-electron chi connectivity index (χ4n) is 6.89. The number of carbonyl (C=O) groups excluding carboxylic acids is 3. The Kier molecular flexibility index (Phi) is 9.55. The van der Waals surface area contributed by atoms with Crippen LogP contribution in [0, 0.1) is 0 Å². The average Bonchev–Trinajstić information content (AvgIpc) is 3.38. The molecule has 10 nitrogen and oxygen atoms in total. The number of nitrogens with zero attached hydrogens (tertiary/aromatic N) is 1. The Bertz CT molecular complexity index is 1460. The van der Waals surface area contributed by atoms with Crippen LogP contribution in [0.2, 0.25) is 0 Å². The Morgan fingerprint density at radius 1 is 1.09 bits per heavy atom. The highest BCUT2D eigenvalue weighted by Crippen LogP contribution is 2.62. The molecular weight excluding hydrogens is 578 g/mol. The minimum atomic E-state index is -1.39. The van der Waals surface area contributed by atoms with Gasteiger partial charge in [0, 0.05) is 23.6 Å². The number of carbonyl (C=O) groups is 3. The Hall–Kier alpha value is -3.89. The zero-order chi connectivity index (χ0) is 32.4. The normalized spacial score (nSPS) is 25.0. The van der Waals surface area contributed by atoms with Gasteiger partial charge in [0.15, 0.2) is 17.6 Å². The van der Waals surface area contributed by atoms with Gasteiger partial charge in [0.1, 0.15) is 5.76 Å². The second-order valence-electron chi connectivity index (χ2n) is 12.1. The van der Waals surface area contributed by atoms with Crippen LogP contribution >= 0.6 is 0 Å². The maximum atomic E-state index is 13.8. The van der Waals surface area contributed by atoms with Gasteiger partial charge in [0.25, 0.3) is 0 Å². The van der Waals surface area contributed by atoms with E-state index in [2.05, 4.69) is 11.8 Å². The number of unbranched alkanes of at least 4 members (excludes halogenated alkanes) is 1. The average molecular weight is 622 g/mol. The number of hydrogen-bond acceptors (Lipinski definition) is 10. The molecule has 0 radical (unpaired) electrons. The van der Waals surface area contributed by atoms with E-state index in [0.29, 0.717) is 30.1 Å². The zero-order valence-corrected chi connectivity index (χ0v) is 26.7. The fourth-order valence-corrected chi connectivity index (χ4v) is 6.89. The Morgan fingerprint density at radius 3 is 2.51 bits per heavy atom. The monoisotopic (exact) mass is 621 g/mol. The predicted molar refractivity (Wildman–Crippen MR) is 165 cm³/mol. The minimum Gasteiger partial charge on any atom is -0.493 e. The second kappa shape index (κ2) is 13.2. The first-order chi connectivity index (χ1) is 21.6. The molecule has 2 aromatic carbocycles. The number of hydrogen-bond donors (Lipinski definition) is 1. The molecule has 2 aromatic rings. The predicted octanol–water partition coefficient (Wildman–Crippen LogP) is 4.56. The van der Waals surface area contributed by atoms with Crippen LogP contribution in [-0.2, 0) is 40.4 Å². The van der Waals surface area contributed by atoms with Crippen molar-refractivity contribution >= 4 is 17.9 Å². The van der Waals surface area contributed by atoms with Crippen molar-refractivity contribution in [1.29, 1.82) is 0 Å². The molecule has 5 rings (SSSR count). The van der Waals surface area contributed by atoms with Gasteiger partial charge in [0.05, 0.1) is 37.6 Å². The van der Waals surface area contributed by atoms with Crippen molar-refractivity contribution in [2.75, 3.05) is 27.3 Å². The number of likely N-dealkylation sites (N-methyl/N-ethyl adjacent to an activating group) is 1. The van der Waals surface area contributed by atoms with Gasteiger partial charge in [-0.25, -0.2) is 4.79 Å². The van der Waals surface area contributed by atoms with Crippen LogP contribution in [0.5, 0.6) is 11.5 Å². The summed E-state index contributed by atoms with van der Waals surface area (Å²) in [6.07, 6.45) is 1.54. The van der Waals surface area contributed by atoms with Crippen molar-refractivity contribution in [3.05, 3.63) is 71.0 Å². The van der Waals surface area contributed by atoms with Crippen LogP contribution in [0.25, 0.3) is 0 Å². The van der Waals surface area contributed by atoms with Crippen molar-refractivity contribution in [1.82, 2.24) is 4.90 Å². The molecule has 2 aliphatic carbocycles. The van der Waals surface area contributed by atoms with Crippen molar-refractivity contribution in [2.45, 2.75) is 88.6 Å². The van der Waals surface area contributed by atoms with Gasteiger partial charge in [-0.05, 0) is 51.1 Å². The number of ether oxygens (including phenoxy) is 5. The third-order valence-electron chi connectivity index (χ3n) is 9.55. The van der Waals surface area contributed by atoms with Crippen LogP contribution in [0.4, 0.5) is 0 Å². The first-order valence-corrected chi connectivity index (χ1v) is 15.7. The lowest BCUT2D eigenvalue weighted by Crippen LogP contribution is -2.69. The smallest absolute Gasteiger partial charge is 0.357 e. The zero-order valence-electron chi connectivity index (χ0n) is 26.7. The molecule has 0 bridgehead atoms. The molecule has 0 aromatic heterocycles. The van der Waals surface area contributed by atoms with Crippen LogP contribution < -0.4 is 9.47 Å². The highest BCUT2D eigenvalue weighted by atomic mass is 16.6. The maximum Gasteiger partial charge on any atom is 0.357 e. The standard InChI is InChI=1S/C35H43NO9/c1-6-8-20-42-27(37)16-17-28(38)44-30(22-12-10-9-11-13-22)33(39)43-25-18-19-35(40)26(36(4)7-2)21-23-14-15-24(41-5)31-29(23)34(35,3)32(25)45-31/h9-15,18,26,30,32,40H,6-8,16-17,19-21H2,1-5H3/t26-,30+,32+,34+,35-/m1/s1. The largest absolute Gasteiger partial charge is 0.493 e. The molecule has 0 saturated carbocycles. The summed E-state index contributed by atoms with van der Waals surface area (Å²) in [7, 11) is 3.56. The summed E-state index contributed by atoms with van der Waals surface area (Å²) in [5.74, 6) is -0.760. The third kappa shape index (κ3) is 5.81. The fraction of sp³-hybridized carbons (Fsp3) is 0.514. The van der Waals surface area contributed by atoms with E-state index in [0.717, 1.165) is 30.5 Å².